The molecule has 202 valence electrons. The second-order valence-corrected chi connectivity index (χ2v) is 9.55. The summed E-state index contributed by atoms with van der Waals surface area (Å²) >= 11 is 12.3. The summed E-state index contributed by atoms with van der Waals surface area (Å²) in [6, 6.07) is 27.0. The van der Waals surface area contributed by atoms with E-state index in [4.69, 9.17) is 27.6 Å². The molecule has 3 heterocycles. The van der Waals surface area contributed by atoms with Crippen LogP contribution in [0.3, 0.4) is 0 Å². The molecule has 6 rings (SSSR count). The first-order chi connectivity index (χ1) is 20.0. The number of nitrogens with zero attached hydrogens (tertiary/aromatic N) is 5. The summed E-state index contributed by atoms with van der Waals surface area (Å²) < 4.78 is 5.39. The molecule has 41 heavy (non-hydrogen) atoms. The molecular weight excluding hydrogens is 563 g/mol. The maximum absolute atomic E-state index is 13.6. The number of hydrogen-bond acceptors (Lipinski definition) is 9. The Kier molecular flexibility index (Phi) is 7.31. The summed E-state index contributed by atoms with van der Waals surface area (Å²) in [6.45, 7) is 0. The molecule has 0 saturated heterocycles. The van der Waals surface area contributed by atoms with Crippen LogP contribution in [0.4, 0.5) is 29.2 Å². The van der Waals surface area contributed by atoms with E-state index < -0.39 is 5.91 Å². The van der Waals surface area contributed by atoms with Crippen LogP contribution in [0.1, 0.15) is 11.3 Å². The van der Waals surface area contributed by atoms with Gasteiger partial charge in [-0.1, -0.05) is 65.7 Å². The highest BCUT2D eigenvalue weighted by atomic mass is 35.5. The van der Waals surface area contributed by atoms with Crippen molar-refractivity contribution in [3.05, 3.63) is 124 Å². The van der Waals surface area contributed by atoms with E-state index in [2.05, 4.69) is 36.0 Å². The fraction of sp³-hybridized carbons (Fsp3) is 0. The number of carbonyl (C=O) groups is 1. The third kappa shape index (κ3) is 6.19. The maximum atomic E-state index is 13.6. The summed E-state index contributed by atoms with van der Waals surface area (Å²) in [5.41, 5.74) is 5.22. The van der Waals surface area contributed by atoms with Crippen LogP contribution in [0.2, 0.25) is 10.0 Å². The normalized spacial score (nSPS) is 13.8. The molecule has 1 aliphatic rings. The fourth-order valence-corrected chi connectivity index (χ4v) is 4.32. The molecule has 5 aromatic rings. The number of anilines is 5. The molecular formula is C29H20Cl2N8O2. The van der Waals surface area contributed by atoms with Crippen LogP contribution in [-0.2, 0) is 4.79 Å². The number of furan rings is 1. The second-order valence-electron chi connectivity index (χ2n) is 8.68. The highest BCUT2D eigenvalue weighted by Gasteiger charge is 2.32. The Balaban J connectivity index is 1.37. The molecule has 0 fully saturated rings. The van der Waals surface area contributed by atoms with Gasteiger partial charge in [-0.15, -0.1) is 0 Å². The molecule has 1 amide bonds. The number of aliphatic imine (C=N–C) groups is 1. The van der Waals surface area contributed by atoms with Crippen LogP contribution < -0.4 is 16.1 Å². The van der Waals surface area contributed by atoms with Crippen LogP contribution in [0.25, 0.3) is 6.08 Å². The van der Waals surface area contributed by atoms with Gasteiger partial charge in [0.15, 0.2) is 5.84 Å². The summed E-state index contributed by atoms with van der Waals surface area (Å²) in [7, 11) is 0. The van der Waals surface area contributed by atoms with Crippen LogP contribution in [0.15, 0.2) is 112 Å². The Morgan fingerprint density at radius 2 is 1.37 bits per heavy atom. The molecule has 0 aliphatic carbocycles. The minimum Gasteiger partial charge on any atom is -0.465 e. The zero-order valence-corrected chi connectivity index (χ0v) is 22.6. The Morgan fingerprint density at radius 1 is 0.732 bits per heavy atom. The topological polar surface area (TPSA) is 121 Å². The molecule has 0 saturated carbocycles. The van der Waals surface area contributed by atoms with Gasteiger partial charge in [0.05, 0.1) is 6.26 Å². The van der Waals surface area contributed by atoms with Crippen molar-refractivity contribution in [2.45, 2.75) is 0 Å². The van der Waals surface area contributed by atoms with Crippen LogP contribution in [-0.4, -0.2) is 31.7 Å². The van der Waals surface area contributed by atoms with Gasteiger partial charge in [0.2, 0.25) is 17.8 Å². The van der Waals surface area contributed by atoms with Crippen molar-refractivity contribution in [1.29, 1.82) is 0 Å². The van der Waals surface area contributed by atoms with Crippen molar-refractivity contribution in [2.24, 2.45) is 4.99 Å². The number of benzene rings is 3. The van der Waals surface area contributed by atoms with E-state index in [0.717, 1.165) is 0 Å². The predicted octanol–water partition coefficient (Wildman–Crippen LogP) is 6.92. The summed E-state index contributed by atoms with van der Waals surface area (Å²) in [5, 5.41) is 8.63. The monoisotopic (exact) mass is 582 g/mol. The number of hydrogen-bond donors (Lipinski definition) is 3. The predicted molar refractivity (Wildman–Crippen MR) is 159 cm³/mol. The van der Waals surface area contributed by atoms with Crippen molar-refractivity contribution >= 4 is 70.2 Å². The van der Waals surface area contributed by atoms with E-state index in [1.54, 1.807) is 54.6 Å². The number of amides is 1. The molecule has 1 aliphatic heterocycles. The van der Waals surface area contributed by atoms with Gasteiger partial charge in [0, 0.05) is 33.1 Å². The molecule has 0 unspecified atom stereocenters. The number of amidine groups is 1. The first kappa shape index (κ1) is 26.1. The highest BCUT2D eigenvalue weighted by molar-refractivity contribution is 6.31. The number of halogens is 2. The number of carbonyl (C=O) groups excluding carboxylic acids is 1. The third-order valence-corrected chi connectivity index (χ3v) is 6.19. The largest absolute Gasteiger partial charge is 0.465 e. The minimum atomic E-state index is -0.422. The van der Waals surface area contributed by atoms with Crippen molar-refractivity contribution in [2.75, 3.05) is 16.1 Å². The van der Waals surface area contributed by atoms with Crippen molar-refractivity contribution in [3.63, 3.8) is 0 Å². The van der Waals surface area contributed by atoms with Gasteiger partial charge in [-0.25, -0.2) is 4.99 Å². The number of hydrazine groups is 1. The van der Waals surface area contributed by atoms with Gasteiger partial charge in [-0.05, 0) is 48.5 Å². The molecule has 0 radical (unpaired) electrons. The van der Waals surface area contributed by atoms with E-state index in [1.165, 1.54) is 11.3 Å². The Hall–Kier alpha value is -5.19. The molecule has 0 bridgehead atoms. The summed E-state index contributed by atoms with van der Waals surface area (Å²) in [4.78, 5) is 31.6. The number of rotatable bonds is 8. The van der Waals surface area contributed by atoms with Gasteiger partial charge >= 0.3 is 0 Å². The van der Waals surface area contributed by atoms with E-state index in [1.807, 2.05) is 42.5 Å². The Bertz CT molecular complexity index is 1710. The van der Waals surface area contributed by atoms with Gasteiger partial charge in [0.1, 0.15) is 11.5 Å². The molecule has 3 aromatic carbocycles. The second kappa shape index (κ2) is 11.5. The average molecular weight is 583 g/mol. The lowest BCUT2D eigenvalue weighted by molar-refractivity contribution is -0.121. The van der Waals surface area contributed by atoms with Crippen LogP contribution in [0, 0.1) is 0 Å². The average Bonchev–Trinajstić information content (AvgIpc) is 3.58. The number of aromatic nitrogens is 3. The zero-order valence-electron chi connectivity index (χ0n) is 21.1. The highest BCUT2D eigenvalue weighted by Crippen LogP contribution is 2.25. The minimum absolute atomic E-state index is 0.0743. The molecule has 3 N–H and O–H groups in total. The summed E-state index contributed by atoms with van der Waals surface area (Å²) in [5.74, 6) is 0.908. The lowest BCUT2D eigenvalue weighted by Crippen LogP contribution is -2.38. The van der Waals surface area contributed by atoms with E-state index in [0.29, 0.717) is 38.6 Å². The van der Waals surface area contributed by atoms with Gasteiger partial charge in [0.25, 0.3) is 5.91 Å². The van der Waals surface area contributed by atoms with Gasteiger partial charge in [-0.3, -0.25) is 10.2 Å². The van der Waals surface area contributed by atoms with Crippen LogP contribution >= 0.6 is 23.2 Å². The fourth-order valence-electron chi connectivity index (χ4n) is 3.94. The van der Waals surface area contributed by atoms with Crippen molar-refractivity contribution in [1.82, 2.24) is 20.0 Å². The maximum Gasteiger partial charge on any atom is 0.297 e. The standard InChI is InChI=1S/C29H20Cl2N8O2/c30-19-9-4-11-21(15-19)32-27-35-28(33-22-12-5-10-20(31)16-22)37-29(36-27)38-39-25(18-7-2-1-3-8-18)34-24(26(39)40)17-23-13-6-14-41-23/h1-17H,(H3,32,33,35,36,37,38). The lowest BCUT2D eigenvalue weighted by Gasteiger charge is -2.20. The van der Waals surface area contributed by atoms with E-state index in [-0.39, 0.29) is 23.5 Å². The smallest absolute Gasteiger partial charge is 0.297 e. The van der Waals surface area contributed by atoms with Crippen LogP contribution in [0.5, 0.6) is 0 Å². The quantitative estimate of drug-likeness (QED) is 0.169. The Labute approximate surface area is 244 Å². The van der Waals surface area contributed by atoms with Gasteiger partial charge in [-0.2, -0.15) is 20.0 Å². The van der Waals surface area contributed by atoms with Crippen molar-refractivity contribution < 1.29 is 9.21 Å². The van der Waals surface area contributed by atoms with Crippen molar-refractivity contribution in [3.8, 4) is 0 Å². The SMILES string of the molecule is O=C1C(=Cc2ccco2)N=C(c2ccccc2)N1Nc1nc(Nc2cccc(Cl)c2)nc(Nc2cccc(Cl)c2)n1. The molecule has 12 heteroatoms. The zero-order chi connectivity index (χ0) is 28.2. The van der Waals surface area contributed by atoms with Gasteiger partial charge < -0.3 is 15.1 Å². The molecule has 0 atom stereocenters. The molecule has 2 aromatic heterocycles. The summed E-state index contributed by atoms with van der Waals surface area (Å²) in [6.07, 6.45) is 3.09. The van der Waals surface area contributed by atoms with E-state index >= 15 is 0 Å². The first-order valence-electron chi connectivity index (χ1n) is 12.3. The Morgan fingerprint density at radius 3 is 1.95 bits per heavy atom. The third-order valence-electron chi connectivity index (χ3n) is 5.72. The lowest BCUT2D eigenvalue weighted by atomic mass is 10.2. The molecule has 0 spiro atoms. The molecule has 10 nitrogen and oxygen atoms in total. The number of nitrogens with one attached hydrogen (secondary N) is 3. The van der Waals surface area contributed by atoms with E-state index in [9.17, 15) is 4.79 Å². The first-order valence-corrected chi connectivity index (χ1v) is 13.1.